The van der Waals surface area contributed by atoms with Gasteiger partial charge in [0.05, 0.1) is 6.04 Å². The summed E-state index contributed by atoms with van der Waals surface area (Å²) in [5, 5.41) is 11.4. The molecule has 1 fully saturated rings. The van der Waals surface area contributed by atoms with Crippen LogP contribution in [-0.2, 0) is 6.54 Å². The molecule has 0 N–H and O–H groups in total. The summed E-state index contributed by atoms with van der Waals surface area (Å²) >= 11 is 0. The van der Waals surface area contributed by atoms with Crippen LogP contribution in [-0.4, -0.2) is 56.4 Å². The van der Waals surface area contributed by atoms with Crippen LogP contribution in [0.3, 0.4) is 0 Å². The fraction of sp³-hybridized carbons (Fsp3) is 0.400. The summed E-state index contributed by atoms with van der Waals surface area (Å²) in [6.07, 6.45) is 4.90. The normalized spacial score (nSPS) is 17.6. The maximum absolute atomic E-state index is 13.2. The molecule has 4 rings (SSSR count). The van der Waals surface area contributed by atoms with E-state index < -0.39 is 0 Å². The third kappa shape index (κ3) is 3.68. The zero-order valence-electron chi connectivity index (χ0n) is 15.7. The summed E-state index contributed by atoms with van der Waals surface area (Å²) in [7, 11) is 4.13. The topological polar surface area (TPSA) is 66.6 Å². The second-order valence-corrected chi connectivity index (χ2v) is 7.39. The number of nitrogens with zero attached hydrogens (tertiary/aromatic N) is 6. The smallest absolute Gasteiger partial charge is 0.254 e. The second kappa shape index (κ2) is 7.44. The standard InChI is InChI=1S/C20H24N6O/c1-24(2)14-15-6-8-16(9-7-15)18-5-3-4-11-25(18)20(27)17-10-12-26-19(13-17)21-22-23-26/h6-10,12-13,18H,3-5,11,14H2,1-2H3. The van der Waals surface area contributed by atoms with Crippen LogP contribution in [0.1, 0.15) is 46.8 Å². The van der Waals surface area contributed by atoms with Crippen molar-refractivity contribution < 1.29 is 4.79 Å². The van der Waals surface area contributed by atoms with Crippen LogP contribution < -0.4 is 0 Å². The number of carbonyl (C=O) groups excluding carboxylic acids is 1. The van der Waals surface area contributed by atoms with E-state index in [9.17, 15) is 4.79 Å². The van der Waals surface area contributed by atoms with Crippen LogP contribution in [0, 0.1) is 0 Å². The molecule has 7 nitrogen and oxygen atoms in total. The number of amides is 1. The lowest BCUT2D eigenvalue weighted by atomic mass is 9.94. The lowest BCUT2D eigenvalue weighted by molar-refractivity contribution is 0.0611. The van der Waals surface area contributed by atoms with E-state index in [0.717, 1.165) is 32.4 Å². The predicted molar refractivity (Wildman–Crippen MR) is 102 cm³/mol. The van der Waals surface area contributed by atoms with Crippen molar-refractivity contribution in [3.05, 3.63) is 59.3 Å². The van der Waals surface area contributed by atoms with Crippen molar-refractivity contribution in [3.8, 4) is 0 Å². The van der Waals surface area contributed by atoms with Crippen LogP contribution >= 0.6 is 0 Å². The third-order valence-electron chi connectivity index (χ3n) is 5.07. The number of aromatic nitrogens is 4. The zero-order chi connectivity index (χ0) is 18.8. The molecule has 1 aliphatic rings. The first-order chi connectivity index (χ1) is 13.1. The van der Waals surface area contributed by atoms with E-state index >= 15 is 0 Å². The molecule has 0 radical (unpaired) electrons. The fourth-order valence-electron chi connectivity index (χ4n) is 3.77. The van der Waals surface area contributed by atoms with Crippen molar-refractivity contribution in [2.75, 3.05) is 20.6 Å². The van der Waals surface area contributed by atoms with Gasteiger partial charge in [0.15, 0.2) is 5.65 Å². The van der Waals surface area contributed by atoms with Gasteiger partial charge in [-0.3, -0.25) is 4.79 Å². The summed E-state index contributed by atoms with van der Waals surface area (Å²) < 4.78 is 1.56. The number of carbonyl (C=O) groups is 1. The number of tetrazole rings is 1. The number of fused-ring (bicyclic) bond motifs is 1. The van der Waals surface area contributed by atoms with Gasteiger partial charge in [-0.2, -0.15) is 0 Å². The molecule has 3 aromatic rings. The average molecular weight is 364 g/mol. The van der Waals surface area contributed by atoms with Crippen molar-refractivity contribution in [3.63, 3.8) is 0 Å². The van der Waals surface area contributed by atoms with Gasteiger partial charge in [-0.25, -0.2) is 4.52 Å². The average Bonchev–Trinajstić information content (AvgIpc) is 3.15. The predicted octanol–water partition coefficient (Wildman–Crippen LogP) is 2.55. The van der Waals surface area contributed by atoms with E-state index in [2.05, 4.69) is 58.8 Å². The largest absolute Gasteiger partial charge is 0.332 e. The van der Waals surface area contributed by atoms with E-state index in [-0.39, 0.29) is 11.9 Å². The minimum absolute atomic E-state index is 0.0440. The van der Waals surface area contributed by atoms with Gasteiger partial charge < -0.3 is 9.80 Å². The Labute approximate surface area is 158 Å². The van der Waals surface area contributed by atoms with Crippen LogP contribution in [0.15, 0.2) is 42.6 Å². The molecular weight excluding hydrogens is 340 g/mol. The molecule has 0 spiro atoms. The van der Waals surface area contributed by atoms with Gasteiger partial charge in [0.25, 0.3) is 5.91 Å². The fourth-order valence-corrected chi connectivity index (χ4v) is 3.77. The highest BCUT2D eigenvalue weighted by Crippen LogP contribution is 2.32. The quantitative estimate of drug-likeness (QED) is 0.712. The Balaban J connectivity index is 1.58. The molecule has 1 amide bonds. The lowest BCUT2D eigenvalue weighted by Crippen LogP contribution is -2.38. The van der Waals surface area contributed by atoms with Crippen LogP contribution in [0.2, 0.25) is 0 Å². The van der Waals surface area contributed by atoms with Crippen molar-refractivity contribution in [2.24, 2.45) is 0 Å². The van der Waals surface area contributed by atoms with Gasteiger partial charge in [0.1, 0.15) is 0 Å². The van der Waals surface area contributed by atoms with E-state index in [1.165, 1.54) is 11.1 Å². The van der Waals surface area contributed by atoms with Gasteiger partial charge in [0.2, 0.25) is 0 Å². The minimum atomic E-state index is 0.0440. The highest BCUT2D eigenvalue weighted by atomic mass is 16.2. The molecule has 1 atom stereocenters. The molecular formula is C20H24N6O. The molecule has 7 heteroatoms. The number of benzene rings is 1. The van der Waals surface area contributed by atoms with E-state index in [0.29, 0.717) is 11.2 Å². The van der Waals surface area contributed by atoms with Crippen LogP contribution in [0.5, 0.6) is 0 Å². The van der Waals surface area contributed by atoms with E-state index in [1.54, 1.807) is 22.8 Å². The van der Waals surface area contributed by atoms with Gasteiger partial charge in [0, 0.05) is 24.8 Å². The Morgan fingerprint density at radius 1 is 1.19 bits per heavy atom. The summed E-state index contributed by atoms with van der Waals surface area (Å²) in [6.45, 7) is 1.69. The first kappa shape index (κ1) is 17.6. The Bertz CT molecular complexity index is 933. The molecule has 0 aliphatic carbocycles. The van der Waals surface area contributed by atoms with Gasteiger partial charge in [-0.05, 0) is 67.0 Å². The number of piperidine rings is 1. The van der Waals surface area contributed by atoms with Gasteiger partial charge in [-0.1, -0.05) is 24.3 Å². The lowest BCUT2D eigenvalue weighted by Gasteiger charge is -2.36. The summed E-state index contributed by atoms with van der Waals surface area (Å²) in [4.78, 5) is 17.4. The highest BCUT2D eigenvalue weighted by Gasteiger charge is 2.29. The summed E-state index contributed by atoms with van der Waals surface area (Å²) in [5.41, 5.74) is 3.70. The molecule has 27 heavy (non-hydrogen) atoms. The monoisotopic (exact) mass is 364 g/mol. The second-order valence-electron chi connectivity index (χ2n) is 7.39. The molecule has 3 heterocycles. The number of hydrogen-bond donors (Lipinski definition) is 0. The zero-order valence-corrected chi connectivity index (χ0v) is 15.7. The SMILES string of the molecule is CN(C)Cc1ccc(C2CCCCN2C(=O)c2ccn3nnnc3c2)cc1. The number of pyridine rings is 1. The molecule has 140 valence electrons. The summed E-state index contributed by atoms with van der Waals surface area (Å²) in [6, 6.07) is 12.3. The molecule has 1 saturated heterocycles. The Hall–Kier alpha value is -2.80. The Morgan fingerprint density at radius 2 is 2.00 bits per heavy atom. The van der Waals surface area contributed by atoms with Crippen molar-refractivity contribution in [1.82, 2.24) is 29.8 Å². The molecule has 0 saturated carbocycles. The Kier molecular flexibility index (Phi) is 4.85. The van der Waals surface area contributed by atoms with E-state index in [1.807, 2.05) is 4.90 Å². The number of hydrogen-bond acceptors (Lipinski definition) is 5. The van der Waals surface area contributed by atoms with Gasteiger partial charge in [-0.15, -0.1) is 5.10 Å². The molecule has 1 unspecified atom stereocenters. The molecule has 2 aromatic heterocycles. The van der Waals surface area contributed by atoms with Crippen LogP contribution in [0.4, 0.5) is 0 Å². The molecule has 1 aromatic carbocycles. The van der Waals surface area contributed by atoms with Crippen molar-refractivity contribution in [2.45, 2.75) is 31.8 Å². The highest BCUT2D eigenvalue weighted by molar-refractivity contribution is 5.95. The third-order valence-corrected chi connectivity index (χ3v) is 5.07. The Morgan fingerprint density at radius 3 is 2.78 bits per heavy atom. The minimum Gasteiger partial charge on any atom is -0.332 e. The van der Waals surface area contributed by atoms with Crippen molar-refractivity contribution >= 4 is 11.6 Å². The summed E-state index contributed by atoms with van der Waals surface area (Å²) in [5.74, 6) is 0.0440. The van der Waals surface area contributed by atoms with E-state index in [4.69, 9.17) is 0 Å². The number of rotatable bonds is 4. The maximum atomic E-state index is 13.2. The first-order valence-electron chi connectivity index (χ1n) is 9.34. The molecule has 1 aliphatic heterocycles. The van der Waals surface area contributed by atoms with Crippen LogP contribution in [0.25, 0.3) is 5.65 Å². The number of likely N-dealkylation sites (tertiary alicyclic amines) is 1. The van der Waals surface area contributed by atoms with Crippen molar-refractivity contribution in [1.29, 1.82) is 0 Å². The van der Waals surface area contributed by atoms with Gasteiger partial charge >= 0.3 is 0 Å². The molecule has 0 bridgehead atoms. The first-order valence-corrected chi connectivity index (χ1v) is 9.34. The maximum Gasteiger partial charge on any atom is 0.254 e.